The van der Waals surface area contributed by atoms with Crippen LogP contribution in [0.15, 0.2) is 18.2 Å². The number of benzene rings is 1. The van der Waals surface area contributed by atoms with E-state index in [-0.39, 0.29) is 30.6 Å². The van der Waals surface area contributed by atoms with Crippen molar-refractivity contribution in [3.63, 3.8) is 0 Å². The van der Waals surface area contributed by atoms with E-state index in [4.69, 9.17) is 15.9 Å². The Morgan fingerprint density at radius 3 is 2.62 bits per heavy atom. The number of likely N-dealkylation sites (tertiary alicyclic amines) is 1. The SMILES string of the molecule is COCC(=O)N1CCC(C2CN(c3cccc(CC(=N)N)c3F)C2)CC1. The molecule has 0 unspecified atom stereocenters. The quantitative estimate of drug-likeness (QED) is 0.595. The summed E-state index contributed by atoms with van der Waals surface area (Å²) in [6, 6.07) is 5.30. The first-order valence-electron chi connectivity index (χ1n) is 9.11. The van der Waals surface area contributed by atoms with Gasteiger partial charge in [-0.05, 0) is 36.3 Å². The highest BCUT2D eigenvalue weighted by atomic mass is 19.1. The van der Waals surface area contributed by atoms with Crippen LogP contribution in [0.2, 0.25) is 0 Å². The minimum atomic E-state index is -0.263. The first-order valence-corrected chi connectivity index (χ1v) is 9.11. The molecule has 1 amide bonds. The van der Waals surface area contributed by atoms with E-state index in [9.17, 15) is 9.18 Å². The molecule has 2 aliphatic rings. The number of hydrogen-bond donors (Lipinski definition) is 2. The Morgan fingerprint density at radius 1 is 1.31 bits per heavy atom. The first-order chi connectivity index (χ1) is 12.5. The number of nitrogens with zero attached hydrogens (tertiary/aromatic N) is 2. The van der Waals surface area contributed by atoms with Gasteiger partial charge in [0.05, 0.1) is 11.5 Å². The zero-order valence-corrected chi connectivity index (χ0v) is 15.2. The lowest BCUT2D eigenvalue weighted by Crippen LogP contribution is -2.53. The van der Waals surface area contributed by atoms with Crippen LogP contribution in [0.5, 0.6) is 0 Å². The van der Waals surface area contributed by atoms with Crippen LogP contribution in [0, 0.1) is 23.1 Å². The van der Waals surface area contributed by atoms with E-state index < -0.39 is 0 Å². The predicted molar refractivity (Wildman–Crippen MR) is 98.9 cm³/mol. The van der Waals surface area contributed by atoms with Gasteiger partial charge in [-0.1, -0.05) is 12.1 Å². The van der Waals surface area contributed by atoms with Gasteiger partial charge in [0.1, 0.15) is 12.4 Å². The number of nitrogens with two attached hydrogens (primary N) is 1. The van der Waals surface area contributed by atoms with Crippen LogP contribution in [0.1, 0.15) is 18.4 Å². The minimum Gasteiger partial charge on any atom is -0.387 e. The van der Waals surface area contributed by atoms with E-state index in [1.54, 1.807) is 12.1 Å². The fourth-order valence-electron chi connectivity index (χ4n) is 3.99. The van der Waals surface area contributed by atoms with Crippen molar-refractivity contribution in [1.82, 2.24) is 4.90 Å². The largest absolute Gasteiger partial charge is 0.387 e. The lowest BCUT2D eigenvalue weighted by atomic mass is 9.79. The summed E-state index contributed by atoms with van der Waals surface area (Å²) in [6.45, 7) is 3.41. The molecular weight excluding hydrogens is 335 g/mol. The van der Waals surface area contributed by atoms with Gasteiger partial charge >= 0.3 is 0 Å². The molecule has 142 valence electrons. The Balaban J connectivity index is 1.52. The number of piperidine rings is 1. The number of carbonyl (C=O) groups is 1. The number of ether oxygens (including phenoxy) is 1. The summed E-state index contributed by atoms with van der Waals surface area (Å²) in [5.41, 5.74) is 6.48. The second-order valence-corrected chi connectivity index (χ2v) is 7.27. The highest BCUT2D eigenvalue weighted by Gasteiger charge is 2.37. The van der Waals surface area contributed by atoms with Crippen molar-refractivity contribution in [2.45, 2.75) is 19.3 Å². The van der Waals surface area contributed by atoms with E-state index in [1.807, 2.05) is 11.0 Å². The van der Waals surface area contributed by atoms with Gasteiger partial charge in [0.15, 0.2) is 0 Å². The van der Waals surface area contributed by atoms with Gasteiger partial charge in [0, 0.05) is 39.7 Å². The monoisotopic (exact) mass is 362 g/mol. The molecule has 7 heteroatoms. The van der Waals surface area contributed by atoms with Gasteiger partial charge in [0.2, 0.25) is 5.91 Å². The molecule has 0 bridgehead atoms. The molecular formula is C19H27FN4O2. The number of halogens is 1. The summed E-state index contributed by atoms with van der Waals surface area (Å²) in [4.78, 5) is 15.8. The summed E-state index contributed by atoms with van der Waals surface area (Å²) >= 11 is 0. The molecule has 0 aliphatic carbocycles. The maximum absolute atomic E-state index is 14.6. The van der Waals surface area contributed by atoms with Gasteiger partial charge in [-0.3, -0.25) is 10.2 Å². The van der Waals surface area contributed by atoms with Crippen molar-refractivity contribution in [2.75, 3.05) is 44.8 Å². The molecule has 2 fully saturated rings. The van der Waals surface area contributed by atoms with Gasteiger partial charge in [-0.25, -0.2) is 4.39 Å². The Hall–Kier alpha value is -2.15. The van der Waals surface area contributed by atoms with E-state index in [0.717, 1.165) is 39.0 Å². The van der Waals surface area contributed by atoms with E-state index in [1.165, 1.54) is 7.11 Å². The molecule has 2 aliphatic heterocycles. The van der Waals surface area contributed by atoms with Gasteiger partial charge in [-0.2, -0.15) is 0 Å². The van der Waals surface area contributed by atoms with Crippen molar-refractivity contribution in [2.24, 2.45) is 17.6 Å². The van der Waals surface area contributed by atoms with Crippen LogP contribution in [0.25, 0.3) is 0 Å². The predicted octanol–water partition coefficient (Wildman–Crippen LogP) is 1.63. The van der Waals surface area contributed by atoms with Gasteiger partial charge in [0.25, 0.3) is 0 Å². The molecule has 0 saturated carbocycles. The third-order valence-corrected chi connectivity index (χ3v) is 5.52. The summed E-state index contributed by atoms with van der Waals surface area (Å²) < 4.78 is 19.6. The number of hydrogen-bond acceptors (Lipinski definition) is 4. The first kappa shape index (κ1) is 18.6. The van der Waals surface area contributed by atoms with Crippen LogP contribution in [-0.4, -0.2) is 56.5 Å². The Morgan fingerprint density at radius 2 is 2.00 bits per heavy atom. The van der Waals surface area contributed by atoms with Gasteiger partial charge < -0.3 is 20.3 Å². The van der Waals surface area contributed by atoms with Crippen molar-refractivity contribution < 1.29 is 13.9 Å². The average Bonchev–Trinajstić information content (AvgIpc) is 2.57. The van der Waals surface area contributed by atoms with Crippen molar-refractivity contribution in [1.29, 1.82) is 5.41 Å². The normalized spacial score (nSPS) is 18.7. The highest BCUT2D eigenvalue weighted by molar-refractivity contribution is 5.80. The third kappa shape index (κ3) is 3.98. The van der Waals surface area contributed by atoms with Crippen LogP contribution in [0.3, 0.4) is 0 Å². The topological polar surface area (TPSA) is 82.7 Å². The lowest BCUT2D eigenvalue weighted by Gasteiger charge is -2.47. The van der Waals surface area contributed by atoms with E-state index in [0.29, 0.717) is 23.1 Å². The molecule has 0 atom stereocenters. The molecule has 1 aromatic carbocycles. The average molecular weight is 362 g/mol. The Labute approximate surface area is 153 Å². The molecule has 0 spiro atoms. The number of nitrogens with one attached hydrogen (secondary N) is 1. The van der Waals surface area contributed by atoms with E-state index in [2.05, 4.69) is 4.90 Å². The summed E-state index contributed by atoms with van der Waals surface area (Å²) in [5, 5.41) is 7.37. The molecule has 0 radical (unpaired) electrons. The van der Waals surface area contributed by atoms with Gasteiger partial charge in [-0.15, -0.1) is 0 Å². The number of amidine groups is 1. The number of carbonyl (C=O) groups excluding carboxylic acids is 1. The van der Waals surface area contributed by atoms with Crippen LogP contribution in [0.4, 0.5) is 10.1 Å². The zero-order valence-electron chi connectivity index (χ0n) is 15.2. The third-order valence-electron chi connectivity index (χ3n) is 5.52. The van der Waals surface area contributed by atoms with Crippen molar-refractivity contribution >= 4 is 17.4 Å². The highest BCUT2D eigenvalue weighted by Crippen LogP contribution is 2.36. The fraction of sp³-hybridized carbons (Fsp3) is 0.579. The molecule has 2 saturated heterocycles. The van der Waals surface area contributed by atoms with Crippen molar-refractivity contribution in [3.05, 3.63) is 29.6 Å². The molecule has 1 aromatic rings. The minimum absolute atomic E-state index is 0.0303. The summed E-state index contributed by atoms with van der Waals surface area (Å²) in [6.07, 6.45) is 2.15. The number of rotatable bonds is 6. The summed E-state index contributed by atoms with van der Waals surface area (Å²) in [5.74, 6) is 0.899. The van der Waals surface area contributed by atoms with Crippen LogP contribution in [-0.2, 0) is 16.0 Å². The number of anilines is 1. The second-order valence-electron chi connectivity index (χ2n) is 7.27. The smallest absolute Gasteiger partial charge is 0.248 e. The molecule has 6 nitrogen and oxygen atoms in total. The summed E-state index contributed by atoms with van der Waals surface area (Å²) in [7, 11) is 1.54. The molecule has 2 heterocycles. The fourth-order valence-corrected chi connectivity index (χ4v) is 3.99. The van der Waals surface area contributed by atoms with E-state index >= 15 is 0 Å². The standard InChI is InChI=1S/C19H27FN4O2/c1-26-12-18(25)23-7-5-13(6-8-23)15-10-24(11-15)16-4-2-3-14(19(16)20)9-17(21)22/h2-4,13,15H,5-12H2,1H3,(H3,21,22). The molecule has 0 aromatic heterocycles. The van der Waals surface area contributed by atoms with Crippen LogP contribution >= 0.6 is 0 Å². The molecule has 26 heavy (non-hydrogen) atoms. The molecule has 3 rings (SSSR count). The number of methoxy groups -OCH3 is 1. The number of amides is 1. The zero-order chi connectivity index (χ0) is 18.7. The van der Waals surface area contributed by atoms with Crippen molar-refractivity contribution in [3.8, 4) is 0 Å². The Bertz CT molecular complexity index is 668. The van der Waals surface area contributed by atoms with Crippen LogP contribution < -0.4 is 10.6 Å². The Kier molecular flexibility index (Phi) is 5.76. The second kappa shape index (κ2) is 8.03. The lowest BCUT2D eigenvalue weighted by molar-refractivity contribution is -0.136. The molecule has 3 N–H and O–H groups in total. The maximum atomic E-state index is 14.6. The maximum Gasteiger partial charge on any atom is 0.248 e.